The Morgan fingerprint density at radius 2 is 1.71 bits per heavy atom. The van der Waals surface area contributed by atoms with Crippen LogP contribution in [0, 0.1) is 0 Å². The topological polar surface area (TPSA) is 58.2 Å². The highest BCUT2D eigenvalue weighted by atomic mass is 32.2. The highest BCUT2D eigenvalue weighted by Crippen LogP contribution is 2.33. The lowest BCUT2D eigenvalue weighted by Gasteiger charge is -2.06. The van der Waals surface area contributed by atoms with E-state index in [1.807, 2.05) is 12.1 Å². The Balaban J connectivity index is 1.89. The van der Waals surface area contributed by atoms with Crippen molar-refractivity contribution < 1.29 is 21.6 Å². The summed E-state index contributed by atoms with van der Waals surface area (Å²) in [5, 5.41) is 3.10. The number of hydrogen-bond donors (Lipinski definition) is 2. The molecule has 2 aromatic rings. The molecule has 1 heterocycles. The fraction of sp³-hybridized carbons (Fsp3) is 0.333. The lowest BCUT2D eigenvalue weighted by molar-refractivity contribution is -0.137. The maximum atomic E-state index is 12.6. The summed E-state index contributed by atoms with van der Waals surface area (Å²) in [6.45, 7) is 1.35. The van der Waals surface area contributed by atoms with Crippen LogP contribution in [0.15, 0.2) is 36.4 Å². The van der Waals surface area contributed by atoms with Crippen LogP contribution in [-0.4, -0.2) is 27.8 Å². The van der Waals surface area contributed by atoms with Crippen LogP contribution < -0.4 is 10.0 Å². The van der Waals surface area contributed by atoms with E-state index in [0.29, 0.717) is 19.6 Å². The maximum absolute atomic E-state index is 12.6. The highest BCUT2D eigenvalue weighted by molar-refractivity contribution is 7.88. The summed E-state index contributed by atoms with van der Waals surface area (Å²) >= 11 is 1.48. The van der Waals surface area contributed by atoms with Gasteiger partial charge in [0.05, 0.1) is 11.8 Å². The molecule has 0 radical (unpaired) electrons. The Morgan fingerprint density at radius 3 is 2.29 bits per heavy atom. The molecule has 132 valence electrons. The number of alkyl halides is 3. The number of sulfonamides is 1. The number of benzene rings is 1. The Morgan fingerprint density at radius 1 is 1.04 bits per heavy atom. The van der Waals surface area contributed by atoms with Crippen molar-refractivity contribution in [3.05, 3.63) is 46.8 Å². The third-order valence-electron chi connectivity index (χ3n) is 3.12. The first kappa shape index (κ1) is 18.9. The van der Waals surface area contributed by atoms with Crippen LogP contribution in [0.2, 0.25) is 0 Å². The fourth-order valence-electron chi connectivity index (χ4n) is 1.99. The largest absolute Gasteiger partial charge is 0.416 e. The summed E-state index contributed by atoms with van der Waals surface area (Å²) in [6.07, 6.45) is -3.23. The molecule has 0 unspecified atom stereocenters. The molecule has 0 spiro atoms. The van der Waals surface area contributed by atoms with Gasteiger partial charge < -0.3 is 5.32 Å². The normalized spacial score (nSPS) is 12.5. The average molecular weight is 378 g/mol. The van der Waals surface area contributed by atoms with Gasteiger partial charge in [-0.15, -0.1) is 11.3 Å². The molecular formula is C15H17F3N2O2S2. The Kier molecular flexibility index (Phi) is 6.02. The molecule has 2 N–H and O–H groups in total. The zero-order chi connectivity index (χ0) is 17.8. The Hall–Kier alpha value is -1.42. The Bertz CT molecular complexity index is 769. The number of rotatable bonds is 7. The second-order valence-corrected chi connectivity index (χ2v) is 8.19. The number of hydrogen-bond acceptors (Lipinski definition) is 4. The van der Waals surface area contributed by atoms with Gasteiger partial charge in [-0.05, 0) is 29.8 Å². The molecule has 0 aliphatic heterocycles. The molecular weight excluding hydrogens is 361 g/mol. The van der Waals surface area contributed by atoms with Gasteiger partial charge >= 0.3 is 6.18 Å². The van der Waals surface area contributed by atoms with E-state index in [1.54, 1.807) is 0 Å². The molecule has 0 saturated carbocycles. The first-order chi connectivity index (χ1) is 11.1. The van der Waals surface area contributed by atoms with Crippen LogP contribution in [0.3, 0.4) is 0 Å². The van der Waals surface area contributed by atoms with Crippen LogP contribution in [-0.2, 0) is 22.7 Å². The van der Waals surface area contributed by atoms with E-state index in [4.69, 9.17) is 0 Å². The van der Waals surface area contributed by atoms with Crippen LogP contribution in [0.1, 0.15) is 10.4 Å². The first-order valence-electron chi connectivity index (χ1n) is 7.07. The van der Waals surface area contributed by atoms with E-state index in [-0.39, 0.29) is 0 Å². The lowest BCUT2D eigenvalue weighted by Crippen LogP contribution is -2.30. The minimum atomic E-state index is -4.33. The molecule has 0 aliphatic rings. The third kappa shape index (κ3) is 5.90. The van der Waals surface area contributed by atoms with Crippen molar-refractivity contribution in [2.75, 3.05) is 19.3 Å². The van der Waals surface area contributed by atoms with Gasteiger partial charge in [0.15, 0.2) is 0 Å². The van der Waals surface area contributed by atoms with E-state index < -0.39 is 21.8 Å². The van der Waals surface area contributed by atoms with Crippen LogP contribution in [0.25, 0.3) is 10.4 Å². The molecule has 2 rings (SSSR count). The molecule has 4 nitrogen and oxygen atoms in total. The summed E-state index contributed by atoms with van der Waals surface area (Å²) in [4.78, 5) is 1.90. The van der Waals surface area contributed by atoms with Crippen molar-refractivity contribution in [2.45, 2.75) is 12.7 Å². The monoisotopic (exact) mass is 378 g/mol. The molecule has 0 saturated heterocycles. The molecule has 1 aromatic heterocycles. The van der Waals surface area contributed by atoms with Crippen molar-refractivity contribution in [1.82, 2.24) is 10.0 Å². The van der Waals surface area contributed by atoms with E-state index in [1.165, 1.54) is 23.5 Å². The second-order valence-electron chi connectivity index (χ2n) is 5.18. The predicted octanol–water partition coefficient (Wildman–Crippen LogP) is 3.07. The summed E-state index contributed by atoms with van der Waals surface area (Å²) in [5.41, 5.74) is 0.0704. The molecule has 0 amide bonds. The molecule has 0 aliphatic carbocycles. The second kappa shape index (κ2) is 7.64. The van der Waals surface area contributed by atoms with Gasteiger partial charge in [0.2, 0.25) is 10.0 Å². The molecule has 0 bridgehead atoms. The maximum Gasteiger partial charge on any atom is 0.416 e. The third-order valence-corrected chi connectivity index (χ3v) is 4.99. The predicted molar refractivity (Wildman–Crippen MR) is 89.3 cm³/mol. The fourth-order valence-corrected chi connectivity index (χ4v) is 3.44. The van der Waals surface area contributed by atoms with Crippen molar-refractivity contribution >= 4 is 21.4 Å². The molecule has 24 heavy (non-hydrogen) atoms. The van der Waals surface area contributed by atoms with Gasteiger partial charge in [0.1, 0.15) is 0 Å². The summed E-state index contributed by atoms with van der Waals surface area (Å²) < 4.78 is 61.8. The number of nitrogens with one attached hydrogen (secondary N) is 2. The van der Waals surface area contributed by atoms with E-state index in [9.17, 15) is 21.6 Å². The molecule has 1 aromatic carbocycles. The van der Waals surface area contributed by atoms with E-state index in [2.05, 4.69) is 10.0 Å². The zero-order valence-electron chi connectivity index (χ0n) is 12.9. The minimum Gasteiger partial charge on any atom is -0.311 e. The summed E-state index contributed by atoms with van der Waals surface area (Å²) in [5.74, 6) is 0. The highest BCUT2D eigenvalue weighted by Gasteiger charge is 2.29. The van der Waals surface area contributed by atoms with Gasteiger partial charge in [-0.2, -0.15) is 13.2 Å². The standard InChI is InChI=1S/C15H17F3N2O2S2/c1-24(21,22)20-9-8-19-10-13-6-7-14(23-13)11-2-4-12(5-3-11)15(16,17)18/h2-7,19-20H,8-10H2,1H3. The summed E-state index contributed by atoms with van der Waals surface area (Å²) in [7, 11) is -3.18. The smallest absolute Gasteiger partial charge is 0.311 e. The van der Waals surface area contributed by atoms with Gasteiger partial charge in [-0.25, -0.2) is 13.1 Å². The Labute approximate surface area is 142 Å². The van der Waals surface area contributed by atoms with Crippen LogP contribution in [0.4, 0.5) is 13.2 Å². The molecule has 0 fully saturated rings. The summed E-state index contributed by atoms with van der Waals surface area (Å²) in [6, 6.07) is 8.82. The van der Waals surface area contributed by atoms with Crippen LogP contribution >= 0.6 is 11.3 Å². The molecule has 9 heteroatoms. The first-order valence-corrected chi connectivity index (χ1v) is 9.78. The zero-order valence-corrected chi connectivity index (χ0v) is 14.5. The van der Waals surface area contributed by atoms with Crippen molar-refractivity contribution in [1.29, 1.82) is 0 Å². The molecule has 0 atom stereocenters. The number of halogens is 3. The van der Waals surface area contributed by atoms with Gasteiger partial charge in [-0.3, -0.25) is 0 Å². The van der Waals surface area contributed by atoms with Crippen molar-refractivity contribution in [2.24, 2.45) is 0 Å². The lowest BCUT2D eigenvalue weighted by atomic mass is 10.1. The number of thiophene rings is 1. The van der Waals surface area contributed by atoms with Crippen molar-refractivity contribution in [3.63, 3.8) is 0 Å². The van der Waals surface area contributed by atoms with E-state index >= 15 is 0 Å². The van der Waals surface area contributed by atoms with Crippen molar-refractivity contribution in [3.8, 4) is 10.4 Å². The van der Waals surface area contributed by atoms with Gasteiger partial charge in [0, 0.05) is 29.4 Å². The minimum absolute atomic E-state index is 0.302. The van der Waals surface area contributed by atoms with Gasteiger partial charge in [0.25, 0.3) is 0 Å². The quantitative estimate of drug-likeness (QED) is 0.728. The van der Waals surface area contributed by atoms with E-state index in [0.717, 1.165) is 33.7 Å². The average Bonchev–Trinajstić information content (AvgIpc) is 2.94. The van der Waals surface area contributed by atoms with Crippen LogP contribution in [0.5, 0.6) is 0 Å². The van der Waals surface area contributed by atoms with Gasteiger partial charge in [-0.1, -0.05) is 12.1 Å². The SMILES string of the molecule is CS(=O)(=O)NCCNCc1ccc(-c2ccc(C(F)(F)F)cc2)s1.